The van der Waals surface area contributed by atoms with Gasteiger partial charge in [-0.15, -0.1) is 0 Å². The van der Waals surface area contributed by atoms with Crippen molar-refractivity contribution in [3.8, 4) is 0 Å². The summed E-state index contributed by atoms with van der Waals surface area (Å²) in [5, 5.41) is 0. The Hall–Kier alpha value is -3.07. The van der Waals surface area contributed by atoms with E-state index in [0.717, 1.165) is 17.3 Å². The van der Waals surface area contributed by atoms with Crippen LogP contribution in [0.3, 0.4) is 0 Å². The predicted molar refractivity (Wildman–Crippen MR) is 119 cm³/mol. The van der Waals surface area contributed by atoms with Crippen LogP contribution in [0.2, 0.25) is 0 Å². The standard InChI is InChI=1S/C22H25N3O5S/c1-23-17-6-4-5-7-18(17)25(22(23)27)16-10-12-24(13-11-16)19-9-8-15(21(26)30-2)14-20(19)31(3,28)29/h4-9,14,16H,10-13H2,1-3H3. The fourth-order valence-electron chi connectivity index (χ4n) is 4.35. The fourth-order valence-corrected chi connectivity index (χ4v) is 5.27. The number of imidazole rings is 1. The third kappa shape index (κ3) is 3.74. The lowest BCUT2D eigenvalue weighted by Gasteiger charge is -2.35. The zero-order valence-corrected chi connectivity index (χ0v) is 18.6. The van der Waals surface area contributed by atoms with Crippen molar-refractivity contribution in [1.29, 1.82) is 0 Å². The molecular weight excluding hydrogens is 418 g/mol. The molecule has 1 aromatic heterocycles. The molecule has 0 amide bonds. The van der Waals surface area contributed by atoms with Crippen LogP contribution in [0.25, 0.3) is 11.0 Å². The highest BCUT2D eigenvalue weighted by molar-refractivity contribution is 7.90. The van der Waals surface area contributed by atoms with Crippen molar-refractivity contribution < 1.29 is 17.9 Å². The van der Waals surface area contributed by atoms with Gasteiger partial charge in [-0.2, -0.15) is 0 Å². The molecule has 1 saturated heterocycles. The zero-order chi connectivity index (χ0) is 22.3. The van der Waals surface area contributed by atoms with E-state index in [1.807, 2.05) is 33.7 Å². The molecule has 2 heterocycles. The number of benzene rings is 2. The lowest BCUT2D eigenvalue weighted by molar-refractivity contribution is 0.0600. The predicted octanol–water partition coefficient (Wildman–Crippen LogP) is 2.37. The van der Waals surface area contributed by atoms with E-state index in [-0.39, 0.29) is 22.2 Å². The van der Waals surface area contributed by atoms with E-state index < -0.39 is 15.8 Å². The fraction of sp³-hybridized carbons (Fsp3) is 0.364. The highest BCUT2D eigenvalue weighted by Gasteiger charge is 2.27. The van der Waals surface area contributed by atoms with Gasteiger partial charge in [0.05, 0.1) is 34.3 Å². The molecule has 0 N–H and O–H groups in total. The van der Waals surface area contributed by atoms with Crippen molar-refractivity contribution >= 4 is 32.5 Å². The smallest absolute Gasteiger partial charge is 0.337 e. The van der Waals surface area contributed by atoms with Gasteiger partial charge in [0, 0.05) is 32.4 Å². The number of aromatic nitrogens is 2. The van der Waals surface area contributed by atoms with Gasteiger partial charge in [-0.1, -0.05) is 12.1 Å². The second-order valence-corrected chi connectivity index (χ2v) is 9.85. The average molecular weight is 444 g/mol. The number of carbonyl (C=O) groups excluding carboxylic acids is 1. The molecule has 0 unspecified atom stereocenters. The van der Waals surface area contributed by atoms with Crippen molar-refractivity contribution in [2.45, 2.75) is 23.8 Å². The lowest BCUT2D eigenvalue weighted by Crippen LogP contribution is -2.38. The van der Waals surface area contributed by atoms with E-state index >= 15 is 0 Å². The number of carbonyl (C=O) groups is 1. The van der Waals surface area contributed by atoms with E-state index in [2.05, 4.69) is 0 Å². The van der Waals surface area contributed by atoms with Crippen LogP contribution in [0.4, 0.5) is 5.69 Å². The highest BCUT2D eigenvalue weighted by atomic mass is 32.2. The first-order valence-corrected chi connectivity index (χ1v) is 11.9. The van der Waals surface area contributed by atoms with E-state index in [9.17, 15) is 18.0 Å². The monoisotopic (exact) mass is 443 g/mol. The van der Waals surface area contributed by atoms with Crippen LogP contribution < -0.4 is 10.6 Å². The number of anilines is 1. The minimum atomic E-state index is -3.55. The van der Waals surface area contributed by atoms with Gasteiger partial charge in [0.2, 0.25) is 0 Å². The van der Waals surface area contributed by atoms with Crippen LogP contribution in [-0.4, -0.2) is 50.0 Å². The van der Waals surface area contributed by atoms with Crippen LogP contribution in [0.15, 0.2) is 52.2 Å². The van der Waals surface area contributed by atoms with Crippen LogP contribution in [-0.2, 0) is 21.6 Å². The second-order valence-electron chi connectivity index (χ2n) is 7.86. The van der Waals surface area contributed by atoms with Gasteiger partial charge in [0.25, 0.3) is 0 Å². The zero-order valence-electron chi connectivity index (χ0n) is 17.7. The Morgan fingerprint density at radius 1 is 1.06 bits per heavy atom. The molecule has 4 rings (SSSR count). The van der Waals surface area contributed by atoms with E-state index in [0.29, 0.717) is 31.6 Å². The van der Waals surface area contributed by atoms with Crippen molar-refractivity contribution in [3.05, 3.63) is 58.5 Å². The third-order valence-corrected chi connectivity index (χ3v) is 7.07. The SMILES string of the molecule is COC(=O)c1ccc(N2CCC(n3c(=O)n(C)c4ccccc43)CC2)c(S(C)(=O)=O)c1. The summed E-state index contributed by atoms with van der Waals surface area (Å²) in [6.45, 7) is 1.20. The Kier molecular flexibility index (Phi) is 5.38. The third-order valence-electron chi connectivity index (χ3n) is 5.95. The molecule has 8 nitrogen and oxygen atoms in total. The first kappa shape index (κ1) is 21.2. The largest absolute Gasteiger partial charge is 0.465 e. The Balaban J connectivity index is 1.64. The molecule has 0 aliphatic carbocycles. The first-order chi connectivity index (χ1) is 14.7. The topological polar surface area (TPSA) is 90.6 Å². The number of ether oxygens (including phenoxy) is 1. The van der Waals surface area contributed by atoms with Gasteiger partial charge in [0.1, 0.15) is 0 Å². The molecule has 1 fully saturated rings. The number of sulfone groups is 1. The maximum Gasteiger partial charge on any atom is 0.337 e. The number of rotatable bonds is 4. The molecule has 1 aliphatic heterocycles. The van der Waals surface area contributed by atoms with Crippen LogP contribution in [0, 0.1) is 0 Å². The summed E-state index contributed by atoms with van der Waals surface area (Å²) in [5.74, 6) is -0.578. The number of esters is 1. The molecule has 9 heteroatoms. The molecule has 0 radical (unpaired) electrons. The van der Waals surface area contributed by atoms with Gasteiger partial charge < -0.3 is 9.64 Å². The maximum atomic E-state index is 12.8. The summed E-state index contributed by atoms with van der Waals surface area (Å²) >= 11 is 0. The van der Waals surface area contributed by atoms with Crippen LogP contribution >= 0.6 is 0 Å². The second kappa shape index (κ2) is 7.88. The van der Waals surface area contributed by atoms with Crippen molar-refractivity contribution in [2.75, 3.05) is 31.4 Å². The number of para-hydroxylation sites is 2. The quantitative estimate of drug-likeness (QED) is 0.575. The number of aryl methyl sites for hydroxylation is 1. The highest BCUT2D eigenvalue weighted by Crippen LogP contribution is 2.32. The minimum Gasteiger partial charge on any atom is -0.465 e. The summed E-state index contributed by atoms with van der Waals surface area (Å²) < 4.78 is 33.1. The first-order valence-electron chi connectivity index (χ1n) is 10.1. The molecule has 1 aliphatic rings. The van der Waals surface area contributed by atoms with Gasteiger partial charge in [-0.3, -0.25) is 9.13 Å². The van der Waals surface area contributed by atoms with E-state index in [4.69, 9.17) is 4.74 Å². The van der Waals surface area contributed by atoms with Gasteiger partial charge in [0.15, 0.2) is 9.84 Å². The Bertz CT molecular complexity index is 1310. The number of methoxy groups -OCH3 is 1. The Labute approximate surface area is 180 Å². The number of piperidine rings is 1. The molecule has 3 aromatic rings. The summed E-state index contributed by atoms with van der Waals surface area (Å²) in [6, 6.07) is 12.4. The minimum absolute atomic E-state index is 0.0332. The van der Waals surface area contributed by atoms with Crippen LogP contribution in [0.1, 0.15) is 29.2 Å². The Morgan fingerprint density at radius 3 is 2.32 bits per heavy atom. The van der Waals surface area contributed by atoms with Crippen LogP contribution in [0.5, 0.6) is 0 Å². The molecule has 0 bridgehead atoms. The summed E-state index contributed by atoms with van der Waals surface area (Å²) in [4.78, 5) is 26.8. The maximum absolute atomic E-state index is 12.8. The van der Waals surface area contributed by atoms with Gasteiger partial charge in [-0.25, -0.2) is 18.0 Å². The number of hydrogen-bond donors (Lipinski definition) is 0. The normalized spacial score (nSPS) is 15.4. The van der Waals surface area contributed by atoms with Crippen molar-refractivity contribution in [3.63, 3.8) is 0 Å². The van der Waals surface area contributed by atoms with E-state index in [1.165, 1.54) is 13.2 Å². The molecular formula is C22H25N3O5S. The van der Waals surface area contributed by atoms with E-state index in [1.54, 1.807) is 23.7 Å². The number of hydrogen-bond acceptors (Lipinski definition) is 6. The average Bonchev–Trinajstić information content (AvgIpc) is 3.02. The molecule has 164 valence electrons. The number of fused-ring (bicyclic) bond motifs is 1. The number of nitrogens with zero attached hydrogens (tertiary/aromatic N) is 3. The Morgan fingerprint density at radius 2 is 1.71 bits per heavy atom. The summed E-state index contributed by atoms with van der Waals surface area (Å²) in [7, 11) is -0.517. The molecule has 31 heavy (non-hydrogen) atoms. The van der Waals surface area contributed by atoms with Gasteiger partial charge in [-0.05, 0) is 43.2 Å². The molecule has 0 atom stereocenters. The van der Waals surface area contributed by atoms with Crippen molar-refractivity contribution in [1.82, 2.24) is 9.13 Å². The molecule has 2 aromatic carbocycles. The molecule has 0 spiro atoms. The van der Waals surface area contributed by atoms with Gasteiger partial charge >= 0.3 is 11.7 Å². The summed E-state index contributed by atoms with van der Waals surface area (Å²) in [5.41, 5.74) is 2.53. The molecule has 0 saturated carbocycles. The summed E-state index contributed by atoms with van der Waals surface area (Å²) in [6.07, 6.45) is 2.54. The van der Waals surface area contributed by atoms with Crippen molar-refractivity contribution in [2.24, 2.45) is 7.05 Å². The lowest BCUT2D eigenvalue weighted by atomic mass is 10.0.